The Morgan fingerprint density at radius 2 is 1.61 bits per heavy atom. The number of nitrogens with zero attached hydrogens (tertiary/aromatic N) is 2. The van der Waals surface area contributed by atoms with Crippen molar-refractivity contribution in [1.82, 2.24) is 9.97 Å². The molecule has 0 aliphatic heterocycles. The molecule has 6 heteroatoms. The van der Waals surface area contributed by atoms with Crippen LogP contribution in [0.4, 0.5) is 11.4 Å². The predicted octanol–water partition coefficient (Wildman–Crippen LogP) is 5.71. The summed E-state index contributed by atoms with van der Waals surface area (Å²) in [6.07, 6.45) is 1.75. The summed E-state index contributed by atoms with van der Waals surface area (Å²) in [6.45, 7) is 0. The highest BCUT2D eigenvalue weighted by atomic mass is 35.5. The fourth-order valence-electron chi connectivity index (χ4n) is 2.99. The zero-order valence-corrected chi connectivity index (χ0v) is 16.2. The van der Waals surface area contributed by atoms with Gasteiger partial charge in [0, 0.05) is 28.4 Å². The Morgan fingerprint density at radius 3 is 2.29 bits per heavy atom. The molecule has 0 spiro atoms. The lowest BCUT2D eigenvalue weighted by Crippen LogP contribution is -1.98. The molecule has 0 aliphatic carbocycles. The molecule has 28 heavy (non-hydrogen) atoms. The minimum Gasteiger partial charge on any atom is -0.493 e. The normalized spacial score (nSPS) is 10.7. The first kappa shape index (κ1) is 18.1. The van der Waals surface area contributed by atoms with Gasteiger partial charge in [-0.2, -0.15) is 0 Å². The highest BCUT2D eigenvalue weighted by Crippen LogP contribution is 2.37. The van der Waals surface area contributed by atoms with Crippen LogP contribution in [0.25, 0.3) is 22.3 Å². The van der Waals surface area contributed by atoms with Gasteiger partial charge in [-0.3, -0.25) is 4.98 Å². The van der Waals surface area contributed by atoms with Crippen LogP contribution in [0.1, 0.15) is 0 Å². The van der Waals surface area contributed by atoms with E-state index in [1.807, 2.05) is 60.7 Å². The third-order valence-electron chi connectivity index (χ3n) is 4.36. The van der Waals surface area contributed by atoms with E-state index in [1.54, 1.807) is 20.4 Å². The van der Waals surface area contributed by atoms with Crippen LogP contribution in [-0.2, 0) is 0 Å². The monoisotopic (exact) mass is 391 g/mol. The van der Waals surface area contributed by atoms with E-state index in [-0.39, 0.29) is 0 Å². The van der Waals surface area contributed by atoms with Crippen LogP contribution in [0.15, 0.2) is 66.9 Å². The van der Waals surface area contributed by atoms with Crippen LogP contribution in [-0.4, -0.2) is 24.2 Å². The Balaban J connectivity index is 1.91. The molecule has 0 radical (unpaired) electrons. The molecule has 0 bridgehead atoms. The average Bonchev–Trinajstić information content (AvgIpc) is 2.74. The number of ether oxygens (including phenoxy) is 2. The smallest absolute Gasteiger partial charge is 0.162 e. The van der Waals surface area contributed by atoms with Gasteiger partial charge in [-0.25, -0.2) is 4.98 Å². The standard InChI is InChI=1S/C22H18ClN3O2/c1-27-21-11-16-18(25-15-8-6-14(23)7-9-15)12-20(17-5-3-4-10-24-17)26-19(16)13-22(21)28-2/h3-13H,1-2H3,(H,25,26). The molecule has 1 N–H and O–H groups in total. The third-order valence-corrected chi connectivity index (χ3v) is 4.62. The Hall–Kier alpha value is -3.31. The highest BCUT2D eigenvalue weighted by Gasteiger charge is 2.13. The molecular weight excluding hydrogens is 374 g/mol. The van der Waals surface area contributed by atoms with Crippen LogP contribution in [0.5, 0.6) is 11.5 Å². The summed E-state index contributed by atoms with van der Waals surface area (Å²) in [7, 11) is 3.23. The van der Waals surface area contributed by atoms with Crippen LogP contribution >= 0.6 is 11.6 Å². The number of methoxy groups -OCH3 is 2. The molecule has 0 saturated heterocycles. The van der Waals surface area contributed by atoms with Gasteiger partial charge in [0.2, 0.25) is 0 Å². The van der Waals surface area contributed by atoms with E-state index in [1.165, 1.54) is 0 Å². The van der Waals surface area contributed by atoms with Gasteiger partial charge in [0.15, 0.2) is 11.5 Å². The fourth-order valence-corrected chi connectivity index (χ4v) is 3.12. The first-order valence-electron chi connectivity index (χ1n) is 8.68. The molecule has 0 saturated carbocycles. The summed E-state index contributed by atoms with van der Waals surface area (Å²) in [5.41, 5.74) is 4.12. The second-order valence-corrected chi connectivity index (χ2v) is 6.56. The fraction of sp³-hybridized carbons (Fsp3) is 0.0909. The van der Waals surface area contributed by atoms with Gasteiger partial charge >= 0.3 is 0 Å². The van der Waals surface area contributed by atoms with E-state index >= 15 is 0 Å². The number of anilines is 2. The molecular formula is C22H18ClN3O2. The Bertz CT molecular complexity index is 1120. The maximum Gasteiger partial charge on any atom is 0.162 e. The van der Waals surface area contributed by atoms with Crippen molar-refractivity contribution in [3.05, 3.63) is 71.9 Å². The van der Waals surface area contributed by atoms with Crippen molar-refractivity contribution < 1.29 is 9.47 Å². The average molecular weight is 392 g/mol. The summed E-state index contributed by atoms with van der Waals surface area (Å²) in [6, 6.07) is 19.1. The van der Waals surface area contributed by atoms with Crippen molar-refractivity contribution >= 4 is 33.9 Å². The SMILES string of the molecule is COc1cc2nc(-c3ccccn3)cc(Nc3ccc(Cl)cc3)c2cc1OC. The van der Waals surface area contributed by atoms with Crippen molar-refractivity contribution in [2.24, 2.45) is 0 Å². The molecule has 2 heterocycles. The van der Waals surface area contributed by atoms with E-state index < -0.39 is 0 Å². The lowest BCUT2D eigenvalue weighted by Gasteiger charge is -2.15. The first-order chi connectivity index (χ1) is 13.7. The van der Waals surface area contributed by atoms with Gasteiger partial charge in [-0.15, -0.1) is 0 Å². The Morgan fingerprint density at radius 1 is 0.857 bits per heavy atom. The molecule has 0 unspecified atom stereocenters. The van der Waals surface area contributed by atoms with Crippen LogP contribution < -0.4 is 14.8 Å². The van der Waals surface area contributed by atoms with Gasteiger partial charge in [0.1, 0.15) is 0 Å². The predicted molar refractivity (Wildman–Crippen MR) is 113 cm³/mol. The van der Waals surface area contributed by atoms with Crippen molar-refractivity contribution in [1.29, 1.82) is 0 Å². The van der Waals surface area contributed by atoms with E-state index in [2.05, 4.69) is 10.3 Å². The van der Waals surface area contributed by atoms with Crippen molar-refractivity contribution in [3.8, 4) is 22.9 Å². The number of nitrogens with one attached hydrogen (secondary N) is 1. The molecule has 4 aromatic rings. The zero-order chi connectivity index (χ0) is 19.5. The van der Waals surface area contributed by atoms with Crippen LogP contribution in [0.2, 0.25) is 5.02 Å². The number of hydrogen-bond acceptors (Lipinski definition) is 5. The largest absolute Gasteiger partial charge is 0.493 e. The molecule has 0 fully saturated rings. The van der Waals surface area contributed by atoms with Crippen molar-refractivity contribution in [2.45, 2.75) is 0 Å². The van der Waals surface area contributed by atoms with Crippen LogP contribution in [0, 0.1) is 0 Å². The lowest BCUT2D eigenvalue weighted by atomic mass is 10.1. The molecule has 4 rings (SSSR count). The number of rotatable bonds is 5. The highest BCUT2D eigenvalue weighted by molar-refractivity contribution is 6.30. The molecule has 0 atom stereocenters. The van der Waals surface area contributed by atoms with Gasteiger partial charge in [0.05, 0.1) is 36.8 Å². The number of benzene rings is 2. The summed E-state index contributed by atoms with van der Waals surface area (Å²) in [5.74, 6) is 1.26. The maximum atomic E-state index is 6.01. The quantitative estimate of drug-likeness (QED) is 0.472. The second-order valence-electron chi connectivity index (χ2n) is 6.13. The van der Waals surface area contributed by atoms with Gasteiger partial charge in [0.25, 0.3) is 0 Å². The van der Waals surface area contributed by atoms with Gasteiger partial charge < -0.3 is 14.8 Å². The number of halogens is 1. The summed E-state index contributed by atoms with van der Waals surface area (Å²) in [4.78, 5) is 9.21. The zero-order valence-electron chi connectivity index (χ0n) is 15.4. The molecule has 140 valence electrons. The molecule has 2 aromatic carbocycles. The first-order valence-corrected chi connectivity index (χ1v) is 9.06. The Labute approximate surface area is 167 Å². The summed E-state index contributed by atoms with van der Waals surface area (Å²) >= 11 is 6.01. The van der Waals surface area contributed by atoms with Crippen molar-refractivity contribution in [3.63, 3.8) is 0 Å². The third kappa shape index (κ3) is 3.57. The lowest BCUT2D eigenvalue weighted by molar-refractivity contribution is 0.356. The minimum absolute atomic E-state index is 0.623. The summed E-state index contributed by atoms with van der Waals surface area (Å²) in [5, 5.41) is 5.05. The summed E-state index contributed by atoms with van der Waals surface area (Å²) < 4.78 is 10.9. The van der Waals surface area contributed by atoms with E-state index in [4.69, 9.17) is 26.1 Å². The Kier molecular flexibility index (Phi) is 5.00. The molecule has 5 nitrogen and oxygen atoms in total. The van der Waals surface area contributed by atoms with E-state index in [0.29, 0.717) is 16.5 Å². The number of hydrogen-bond donors (Lipinski definition) is 1. The second kappa shape index (κ2) is 7.74. The molecule has 0 amide bonds. The number of fused-ring (bicyclic) bond motifs is 1. The minimum atomic E-state index is 0.623. The van der Waals surface area contributed by atoms with Gasteiger partial charge in [-0.05, 0) is 48.5 Å². The van der Waals surface area contributed by atoms with E-state index in [0.717, 1.165) is 33.7 Å². The molecule has 2 aromatic heterocycles. The van der Waals surface area contributed by atoms with Gasteiger partial charge in [-0.1, -0.05) is 17.7 Å². The van der Waals surface area contributed by atoms with Crippen molar-refractivity contribution in [2.75, 3.05) is 19.5 Å². The molecule has 0 aliphatic rings. The number of pyridine rings is 2. The topological polar surface area (TPSA) is 56.3 Å². The number of aromatic nitrogens is 2. The van der Waals surface area contributed by atoms with Crippen LogP contribution in [0.3, 0.4) is 0 Å². The van der Waals surface area contributed by atoms with E-state index in [9.17, 15) is 0 Å². The maximum absolute atomic E-state index is 6.01.